The van der Waals surface area contributed by atoms with Crippen molar-refractivity contribution in [3.05, 3.63) is 25.0 Å². The van der Waals surface area contributed by atoms with Gasteiger partial charge in [0.25, 0.3) is 0 Å². The first-order chi connectivity index (χ1) is 13.8. The monoisotopic (exact) mass is 409 g/mol. The summed E-state index contributed by atoms with van der Waals surface area (Å²) in [4.78, 5) is 0. The quantitative estimate of drug-likeness (QED) is 0.160. The van der Waals surface area contributed by atoms with E-state index in [1.165, 1.54) is 90.4 Å². The Morgan fingerprint density at radius 2 is 1.31 bits per heavy atom. The van der Waals surface area contributed by atoms with E-state index in [0.717, 1.165) is 12.8 Å². The molecule has 2 atom stereocenters. The second kappa shape index (κ2) is 18.0. The number of hydrogen-bond donors (Lipinski definition) is 0. The number of hydrogen-bond acceptors (Lipinski definition) is 3. The molecule has 1 fully saturated rings. The van der Waals surface area contributed by atoms with Crippen LogP contribution >= 0.6 is 0 Å². The summed E-state index contributed by atoms with van der Waals surface area (Å²) in [5.41, 5.74) is 0. The third-order valence-corrected chi connectivity index (χ3v) is 5.27. The Balaban J connectivity index is 0.00000178. The van der Waals surface area contributed by atoms with Crippen LogP contribution in [0.5, 0.6) is 0 Å². The third-order valence-electron chi connectivity index (χ3n) is 5.27. The van der Waals surface area contributed by atoms with Crippen molar-refractivity contribution in [2.75, 3.05) is 0 Å². The molecule has 1 aliphatic rings. The van der Waals surface area contributed by atoms with E-state index in [1.807, 2.05) is 19.9 Å². The van der Waals surface area contributed by atoms with Crippen LogP contribution in [0.25, 0.3) is 0 Å². The minimum atomic E-state index is -0.460. The number of unbranched alkanes of at least 4 members (excludes halogenated alkanes) is 12. The Morgan fingerprint density at radius 3 is 1.72 bits per heavy atom. The average Bonchev–Trinajstić information content (AvgIpc) is 2.63. The van der Waals surface area contributed by atoms with Crippen molar-refractivity contribution in [1.82, 2.24) is 0 Å². The number of ether oxygens (including phenoxy) is 2. The molecule has 0 amide bonds. The van der Waals surface area contributed by atoms with Gasteiger partial charge in [0.1, 0.15) is 0 Å². The number of allylic oxidation sites excluding steroid dienone is 1. The Kier molecular flexibility index (Phi) is 17.5. The summed E-state index contributed by atoms with van der Waals surface area (Å²) in [7, 11) is 0. The van der Waals surface area contributed by atoms with Crippen molar-refractivity contribution < 1.29 is 14.6 Å². The number of rotatable bonds is 15. The highest BCUT2D eigenvalue weighted by Crippen LogP contribution is 2.29. The molecule has 3 nitrogen and oxygen atoms in total. The molecule has 1 saturated heterocycles. The van der Waals surface area contributed by atoms with Gasteiger partial charge in [-0.15, -0.1) is 18.9 Å². The fourth-order valence-corrected chi connectivity index (χ4v) is 3.86. The smallest absolute Gasteiger partial charge is 0.163 e. The maximum atomic E-state index is 9.33. The molecule has 29 heavy (non-hydrogen) atoms. The van der Waals surface area contributed by atoms with Crippen molar-refractivity contribution in [3.8, 4) is 0 Å². The normalized spacial score (nSPS) is 20.6. The van der Waals surface area contributed by atoms with Gasteiger partial charge in [0.15, 0.2) is 5.79 Å². The van der Waals surface area contributed by atoms with E-state index in [4.69, 9.17) is 9.47 Å². The van der Waals surface area contributed by atoms with Gasteiger partial charge in [0.05, 0.1) is 12.2 Å². The molecule has 1 heterocycles. The SMILES string of the molecule is C=C(C)[O-].C=C[C@@H]1C[C@@H](CCCCCCCCCCCCCCC)OC(C)(C)O1. The van der Waals surface area contributed by atoms with Crippen LogP contribution in [0.2, 0.25) is 0 Å². The minimum Gasteiger partial charge on any atom is -0.876 e. The lowest BCUT2D eigenvalue weighted by Gasteiger charge is -2.40. The maximum Gasteiger partial charge on any atom is 0.163 e. The highest BCUT2D eigenvalue weighted by atomic mass is 16.7. The van der Waals surface area contributed by atoms with E-state index in [9.17, 15) is 5.11 Å². The summed E-state index contributed by atoms with van der Waals surface area (Å²) >= 11 is 0. The molecule has 0 aromatic rings. The van der Waals surface area contributed by atoms with E-state index in [2.05, 4.69) is 20.1 Å². The summed E-state index contributed by atoms with van der Waals surface area (Å²) in [5.74, 6) is -0.543. The minimum absolute atomic E-state index is 0.0833. The molecular weight excluding hydrogens is 360 g/mol. The lowest BCUT2D eigenvalue weighted by molar-refractivity contribution is -0.300. The van der Waals surface area contributed by atoms with Crippen LogP contribution in [-0.4, -0.2) is 18.0 Å². The first kappa shape index (κ1) is 28.2. The molecule has 1 aliphatic heterocycles. The first-order valence-corrected chi connectivity index (χ1v) is 12.1. The van der Waals surface area contributed by atoms with Gasteiger partial charge >= 0.3 is 0 Å². The van der Waals surface area contributed by atoms with Crippen LogP contribution in [0.15, 0.2) is 25.0 Å². The van der Waals surface area contributed by atoms with E-state index in [0.29, 0.717) is 6.10 Å². The van der Waals surface area contributed by atoms with Gasteiger partial charge < -0.3 is 14.6 Å². The Morgan fingerprint density at radius 1 is 0.897 bits per heavy atom. The van der Waals surface area contributed by atoms with Crippen LogP contribution in [0.3, 0.4) is 0 Å². The average molecular weight is 410 g/mol. The van der Waals surface area contributed by atoms with E-state index >= 15 is 0 Å². The summed E-state index contributed by atoms with van der Waals surface area (Å²) < 4.78 is 11.9. The molecule has 0 N–H and O–H groups in total. The molecule has 0 saturated carbocycles. The van der Waals surface area contributed by atoms with Crippen molar-refractivity contribution >= 4 is 0 Å². The fourth-order valence-electron chi connectivity index (χ4n) is 3.86. The van der Waals surface area contributed by atoms with Crippen LogP contribution in [-0.2, 0) is 9.47 Å². The van der Waals surface area contributed by atoms with Crippen LogP contribution in [0.4, 0.5) is 0 Å². The molecule has 0 aromatic carbocycles. The summed E-state index contributed by atoms with van der Waals surface area (Å²) in [6.07, 6.45) is 22.8. The molecule has 1 rings (SSSR count). The molecule has 172 valence electrons. The van der Waals surface area contributed by atoms with Gasteiger partial charge in [0.2, 0.25) is 0 Å². The Labute approximate surface area is 182 Å². The standard InChI is InChI=1S/C23H44O2.C3H6O/c1-5-7-8-9-10-11-12-13-14-15-16-17-18-19-22-20-21(6-2)24-23(3,4)25-22;1-3(2)4/h6,21-22H,2,5,7-20H2,1,3-4H3;4H,1H2,2H3/p-1/t21-,22-;/m1./s1. The second-order valence-corrected chi connectivity index (χ2v) is 9.00. The molecule has 0 spiro atoms. The Bertz CT molecular complexity index is 399. The lowest BCUT2D eigenvalue weighted by atomic mass is 10.0. The van der Waals surface area contributed by atoms with Gasteiger partial charge in [-0.2, -0.15) is 0 Å². The van der Waals surface area contributed by atoms with Crippen LogP contribution in [0.1, 0.15) is 124 Å². The summed E-state index contributed by atoms with van der Waals surface area (Å²) in [5, 5.41) is 9.33. The van der Waals surface area contributed by atoms with E-state index in [1.54, 1.807) is 0 Å². The van der Waals surface area contributed by atoms with Gasteiger partial charge in [-0.05, 0) is 20.3 Å². The molecule has 0 aliphatic carbocycles. The molecule has 0 bridgehead atoms. The van der Waals surface area contributed by atoms with E-state index in [-0.39, 0.29) is 11.9 Å². The van der Waals surface area contributed by atoms with Crippen LogP contribution < -0.4 is 5.11 Å². The molecule has 0 aromatic heterocycles. The Hall–Kier alpha value is -0.800. The van der Waals surface area contributed by atoms with E-state index < -0.39 is 5.79 Å². The fraction of sp³-hybridized carbons (Fsp3) is 0.846. The third kappa shape index (κ3) is 18.9. The zero-order chi connectivity index (χ0) is 22.0. The lowest BCUT2D eigenvalue weighted by Crippen LogP contribution is -2.43. The zero-order valence-corrected chi connectivity index (χ0v) is 20.0. The predicted molar refractivity (Wildman–Crippen MR) is 124 cm³/mol. The van der Waals surface area contributed by atoms with Crippen molar-refractivity contribution in [2.45, 2.75) is 142 Å². The zero-order valence-electron chi connectivity index (χ0n) is 20.0. The first-order valence-electron chi connectivity index (χ1n) is 12.1. The molecule has 0 radical (unpaired) electrons. The molecular formula is C26H49O3-. The van der Waals surface area contributed by atoms with Gasteiger partial charge in [0, 0.05) is 6.42 Å². The van der Waals surface area contributed by atoms with Crippen molar-refractivity contribution in [2.24, 2.45) is 0 Å². The highest BCUT2D eigenvalue weighted by Gasteiger charge is 2.33. The molecule has 3 heteroatoms. The van der Waals surface area contributed by atoms with Gasteiger partial charge in [-0.1, -0.05) is 103 Å². The van der Waals surface area contributed by atoms with Gasteiger partial charge in [-0.25, -0.2) is 0 Å². The predicted octanol–water partition coefficient (Wildman–Crippen LogP) is 7.44. The van der Waals surface area contributed by atoms with Crippen molar-refractivity contribution in [3.63, 3.8) is 0 Å². The van der Waals surface area contributed by atoms with Crippen LogP contribution in [0, 0.1) is 0 Å². The summed E-state index contributed by atoms with van der Waals surface area (Å²) in [6.45, 7) is 14.6. The van der Waals surface area contributed by atoms with Gasteiger partial charge in [-0.3, -0.25) is 0 Å². The molecule has 0 unspecified atom stereocenters. The largest absolute Gasteiger partial charge is 0.876 e. The topological polar surface area (TPSA) is 41.5 Å². The second-order valence-electron chi connectivity index (χ2n) is 9.00. The highest BCUT2D eigenvalue weighted by molar-refractivity contribution is 4.87. The maximum absolute atomic E-state index is 9.33. The summed E-state index contributed by atoms with van der Waals surface area (Å²) in [6, 6.07) is 0. The van der Waals surface area contributed by atoms with Crippen molar-refractivity contribution in [1.29, 1.82) is 0 Å².